The average Bonchev–Trinajstić information content (AvgIpc) is 2.33. The first kappa shape index (κ1) is 16.7. The highest BCUT2D eigenvalue weighted by Crippen LogP contribution is 1.96. The molecular weight excluding hydrogens is 236 g/mol. The molecular formula is C12H24N2O4. The standard InChI is InChI=1S/C12H24N2O4/c1-3-6-10(11(15)16)14-12(17)13-7-5-9-18-8-4-2/h10H,3-9H2,1-2H3,(H,15,16)(H2,13,14,17)/t10-/m0/s1. The molecule has 1 atom stereocenters. The monoisotopic (exact) mass is 260 g/mol. The van der Waals surface area contributed by atoms with E-state index in [2.05, 4.69) is 10.6 Å². The van der Waals surface area contributed by atoms with Gasteiger partial charge in [0.25, 0.3) is 0 Å². The maximum atomic E-state index is 11.4. The van der Waals surface area contributed by atoms with Crippen molar-refractivity contribution in [2.45, 2.75) is 45.6 Å². The molecule has 6 heteroatoms. The Kier molecular flexibility index (Phi) is 10.0. The molecule has 18 heavy (non-hydrogen) atoms. The van der Waals surface area contributed by atoms with Crippen LogP contribution in [0.4, 0.5) is 4.79 Å². The van der Waals surface area contributed by atoms with Crippen LogP contribution in [0.15, 0.2) is 0 Å². The van der Waals surface area contributed by atoms with Crippen LogP contribution in [0.5, 0.6) is 0 Å². The van der Waals surface area contributed by atoms with Gasteiger partial charge in [0, 0.05) is 19.8 Å². The number of hydrogen-bond donors (Lipinski definition) is 3. The SMILES string of the molecule is CCCOCCCNC(=O)N[C@@H](CCC)C(=O)O. The molecule has 6 nitrogen and oxygen atoms in total. The number of nitrogens with one attached hydrogen (secondary N) is 2. The number of carbonyl (C=O) groups excluding carboxylic acids is 1. The fourth-order valence-corrected chi connectivity index (χ4v) is 1.38. The van der Waals surface area contributed by atoms with E-state index in [1.165, 1.54) is 0 Å². The summed E-state index contributed by atoms with van der Waals surface area (Å²) in [5.74, 6) is -1.00. The average molecular weight is 260 g/mol. The van der Waals surface area contributed by atoms with Gasteiger partial charge in [0.1, 0.15) is 6.04 Å². The van der Waals surface area contributed by atoms with E-state index in [1.54, 1.807) is 0 Å². The molecule has 0 aliphatic rings. The normalized spacial score (nSPS) is 11.9. The minimum Gasteiger partial charge on any atom is -0.480 e. The summed E-state index contributed by atoms with van der Waals surface area (Å²) in [6.45, 7) is 5.72. The Hall–Kier alpha value is -1.30. The van der Waals surface area contributed by atoms with Gasteiger partial charge in [-0.3, -0.25) is 0 Å². The van der Waals surface area contributed by atoms with E-state index >= 15 is 0 Å². The van der Waals surface area contributed by atoms with Crippen molar-refractivity contribution in [2.75, 3.05) is 19.8 Å². The zero-order chi connectivity index (χ0) is 13.8. The molecule has 2 amide bonds. The number of urea groups is 1. The van der Waals surface area contributed by atoms with Crippen molar-refractivity contribution >= 4 is 12.0 Å². The lowest BCUT2D eigenvalue weighted by atomic mass is 10.2. The lowest BCUT2D eigenvalue weighted by Gasteiger charge is -2.14. The van der Waals surface area contributed by atoms with E-state index < -0.39 is 18.0 Å². The molecule has 0 unspecified atom stereocenters. The molecule has 0 aliphatic carbocycles. The predicted octanol–water partition coefficient (Wildman–Crippen LogP) is 1.36. The first-order valence-electron chi connectivity index (χ1n) is 6.46. The molecule has 0 aromatic heterocycles. The second-order valence-corrected chi connectivity index (χ2v) is 4.05. The van der Waals surface area contributed by atoms with Crippen LogP contribution in [0.25, 0.3) is 0 Å². The first-order valence-corrected chi connectivity index (χ1v) is 6.46. The van der Waals surface area contributed by atoms with E-state index in [0.29, 0.717) is 26.0 Å². The quantitative estimate of drug-likeness (QED) is 0.517. The maximum Gasteiger partial charge on any atom is 0.326 e. The Morgan fingerprint density at radius 2 is 1.94 bits per heavy atom. The number of carbonyl (C=O) groups is 2. The van der Waals surface area contributed by atoms with Gasteiger partial charge in [0.05, 0.1) is 0 Å². The van der Waals surface area contributed by atoms with Crippen molar-refractivity contribution in [1.29, 1.82) is 0 Å². The van der Waals surface area contributed by atoms with Crippen molar-refractivity contribution in [3.63, 3.8) is 0 Å². The molecule has 0 saturated carbocycles. The molecule has 0 radical (unpaired) electrons. The van der Waals surface area contributed by atoms with Crippen LogP contribution < -0.4 is 10.6 Å². The van der Waals surface area contributed by atoms with Crippen LogP contribution in [0, 0.1) is 0 Å². The largest absolute Gasteiger partial charge is 0.480 e. The Bertz CT molecular complexity index is 246. The summed E-state index contributed by atoms with van der Waals surface area (Å²) in [6.07, 6.45) is 2.84. The van der Waals surface area contributed by atoms with Crippen molar-refractivity contribution in [2.24, 2.45) is 0 Å². The summed E-state index contributed by atoms with van der Waals surface area (Å²) < 4.78 is 5.26. The van der Waals surface area contributed by atoms with Crippen LogP contribution in [0.1, 0.15) is 39.5 Å². The van der Waals surface area contributed by atoms with Gasteiger partial charge in [-0.25, -0.2) is 9.59 Å². The molecule has 0 aliphatic heterocycles. The van der Waals surface area contributed by atoms with Gasteiger partial charge in [0.15, 0.2) is 0 Å². The Balaban J connectivity index is 3.65. The highest BCUT2D eigenvalue weighted by molar-refractivity contribution is 5.82. The molecule has 0 aromatic rings. The summed E-state index contributed by atoms with van der Waals surface area (Å²) >= 11 is 0. The minimum absolute atomic E-state index is 0.433. The second kappa shape index (κ2) is 10.8. The molecule has 0 rings (SSSR count). The molecule has 3 N–H and O–H groups in total. The van der Waals surface area contributed by atoms with E-state index in [0.717, 1.165) is 19.4 Å². The van der Waals surface area contributed by atoms with Gasteiger partial charge < -0.3 is 20.5 Å². The smallest absolute Gasteiger partial charge is 0.326 e. The number of hydrogen-bond acceptors (Lipinski definition) is 3. The van der Waals surface area contributed by atoms with Gasteiger partial charge in [-0.2, -0.15) is 0 Å². The summed E-state index contributed by atoms with van der Waals surface area (Å²) in [5.41, 5.74) is 0. The van der Waals surface area contributed by atoms with Gasteiger partial charge in [-0.1, -0.05) is 20.3 Å². The van der Waals surface area contributed by atoms with Crippen LogP contribution in [0.3, 0.4) is 0 Å². The summed E-state index contributed by atoms with van der Waals surface area (Å²) in [5, 5.41) is 13.9. The Morgan fingerprint density at radius 1 is 1.22 bits per heavy atom. The van der Waals surface area contributed by atoms with Crippen molar-refractivity contribution in [3.05, 3.63) is 0 Å². The topological polar surface area (TPSA) is 87.7 Å². The highest BCUT2D eigenvalue weighted by Gasteiger charge is 2.18. The third kappa shape index (κ3) is 8.81. The summed E-state index contributed by atoms with van der Waals surface area (Å²) in [6, 6.07) is -1.25. The second-order valence-electron chi connectivity index (χ2n) is 4.05. The predicted molar refractivity (Wildman–Crippen MR) is 68.6 cm³/mol. The number of amides is 2. The third-order valence-electron chi connectivity index (χ3n) is 2.28. The minimum atomic E-state index is -1.00. The number of carboxylic acid groups (broad SMARTS) is 1. The van der Waals surface area contributed by atoms with E-state index in [4.69, 9.17) is 9.84 Å². The van der Waals surface area contributed by atoms with Crippen molar-refractivity contribution in [1.82, 2.24) is 10.6 Å². The van der Waals surface area contributed by atoms with Crippen LogP contribution in [-0.4, -0.2) is 42.9 Å². The fourth-order valence-electron chi connectivity index (χ4n) is 1.38. The lowest BCUT2D eigenvalue weighted by Crippen LogP contribution is -2.46. The van der Waals surface area contributed by atoms with Gasteiger partial charge >= 0.3 is 12.0 Å². The Labute approximate surface area is 108 Å². The van der Waals surface area contributed by atoms with Gasteiger partial charge in [0.2, 0.25) is 0 Å². The fraction of sp³-hybridized carbons (Fsp3) is 0.833. The number of ether oxygens (including phenoxy) is 1. The zero-order valence-corrected chi connectivity index (χ0v) is 11.2. The third-order valence-corrected chi connectivity index (χ3v) is 2.28. The summed E-state index contributed by atoms with van der Waals surface area (Å²) in [4.78, 5) is 22.2. The molecule has 0 bridgehead atoms. The Morgan fingerprint density at radius 3 is 2.50 bits per heavy atom. The van der Waals surface area contributed by atoms with Crippen molar-refractivity contribution in [3.8, 4) is 0 Å². The highest BCUT2D eigenvalue weighted by atomic mass is 16.5. The molecule has 0 heterocycles. The number of carboxylic acids is 1. The van der Waals surface area contributed by atoms with E-state index in [9.17, 15) is 9.59 Å². The zero-order valence-electron chi connectivity index (χ0n) is 11.2. The van der Waals surface area contributed by atoms with Gasteiger partial charge in [-0.05, 0) is 19.3 Å². The van der Waals surface area contributed by atoms with Crippen LogP contribution in [-0.2, 0) is 9.53 Å². The van der Waals surface area contributed by atoms with E-state index in [1.807, 2.05) is 13.8 Å². The molecule has 106 valence electrons. The molecule has 0 spiro atoms. The van der Waals surface area contributed by atoms with Gasteiger partial charge in [-0.15, -0.1) is 0 Å². The summed E-state index contributed by atoms with van der Waals surface area (Å²) in [7, 11) is 0. The molecule has 0 saturated heterocycles. The number of rotatable bonds is 10. The maximum absolute atomic E-state index is 11.4. The van der Waals surface area contributed by atoms with E-state index in [-0.39, 0.29) is 0 Å². The van der Waals surface area contributed by atoms with Crippen molar-refractivity contribution < 1.29 is 19.4 Å². The lowest BCUT2D eigenvalue weighted by molar-refractivity contribution is -0.139. The number of aliphatic carboxylic acids is 1. The van der Waals surface area contributed by atoms with Crippen LogP contribution >= 0.6 is 0 Å². The van der Waals surface area contributed by atoms with Crippen LogP contribution in [0.2, 0.25) is 0 Å². The molecule has 0 fully saturated rings. The first-order chi connectivity index (χ1) is 8.61. The molecule has 0 aromatic carbocycles.